The second-order valence-electron chi connectivity index (χ2n) is 1.41. The Morgan fingerprint density at radius 1 is 1.75 bits per heavy atom. The maximum absolute atomic E-state index is 11.3. The summed E-state index contributed by atoms with van der Waals surface area (Å²) in [5.41, 5.74) is 0. The summed E-state index contributed by atoms with van der Waals surface area (Å²) in [7, 11) is 0. The highest BCUT2D eigenvalue weighted by molar-refractivity contribution is 4.83. The zero-order chi connectivity index (χ0) is 6.78. The van der Waals surface area contributed by atoms with Gasteiger partial charge in [0.1, 0.15) is 5.92 Å². The molecule has 0 aliphatic carbocycles. The van der Waals surface area contributed by atoms with Crippen LogP contribution in [0.5, 0.6) is 0 Å². The molecule has 8 heavy (non-hydrogen) atoms. The van der Waals surface area contributed by atoms with Gasteiger partial charge in [-0.2, -0.15) is 19.1 Å². The molecule has 0 aromatic rings. The van der Waals surface area contributed by atoms with E-state index in [2.05, 4.69) is 0 Å². The van der Waals surface area contributed by atoms with Crippen LogP contribution in [0.1, 0.15) is 6.92 Å². The molecule has 0 aromatic carbocycles. The molecule has 0 heterocycles. The van der Waals surface area contributed by atoms with E-state index >= 15 is 0 Å². The van der Waals surface area contributed by atoms with Crippen LogP contribution in [0.3, 0.4) is 0 Å². The zero-order valence-corrected chi connectivity index (χ0v) is 4.19. The summed E-state index contributed by atoms with van der Waals surface area (Å²) in [5.74, 6) is -1.73. The standard InChI is InChI=1S/C4H4F2NO/c1-3(2-7)4(5,6)8/h3H,1H3. The molecule has 45 valence electrons. The van der Waals surface area contributed by atoms with Crippen molar-refractivity contribution in [3.05, 3.63) is 0 Å². The van der Waals surface area contributed by atoms with E-state index in [1.165, 1.54) is 0 Å². The molecule has 1 unspecified atom stereocenters. The van der Waals surface area contributed by atoms with Gasteiger partial charge in [0, 0.05) is 0 Å². The molecule has 0 saturated heterocycles. The Kier molecular flexibility index (Phi) is 1.88. The Morgan fingerprint density at radius 2 is 2.12 bits per heavy atom. The molecule has 0 spiro atoms. The van der Waals surface area contributed by atoms with Gasteiger partial charge in [-0.3, -0.25) is 0 Å². The maximum Gasteiger partial charge on any atom is 0.396 e. The average Bonchev–Trinajstić information content (AvgIpc) is 1.62. The summed E-state index contributed by atoms with van der Waals surface area (Å²) in [6.45, 7) is 0.882. The molecular formula is C4H4F2NO. The normalized spacial score (nSPS) is 14.9. The Labute approximate surface area is 45.4 Å². The van der Waals surface area contributed by atoms with Crippen LogP contribution < -0.4 is 0 Å². The molecule has 0 saturated carbocycles. The van der Waals surface area contributed by atoms with Gasteiger partial charge >= 0.3 is 6.11 Å². The summed E-state index contributed by atoms with van der Waals surface area (Å²) in [6.07, 6.45) is -4.10. The van der Waals surface area contributed by atoms with Crippen molar-refractivity contribution in [3.63, 3.8) is 0 Å². The Hall–Kier alpha value is -0.690. The molecule has 0 rings (SSSR count). The van der Waals surface area contributed by atoms with Crippen molar-refractivity contribution >= 4 is 0 Å². The number of nitrogens with zero attached hydrogens (tertiary/aromatic N) is 1. The third-order valence-corrected chi connectivity index (χ3v) is 0.698. The molecule has 0 bridgehead atoms. The fraction of sp³-hybridized carbons (Fsp3) is 0.750. The first kappa shape index (κ1) is 7.31. The van der Waals surface area contributed by atoms with Gasteiger partial charge in [0.05, 0.1) is 6.07 Å². The van der Waals surface area contributed by atoms with Gasteiger partial charge in [-0.1, -0.05) is 0 Å². The Morgan fingerprint density at radius 3 is 2.12 bits per heavy atom. The summed E-state index contributed by atoms with van der Waals surface area (Å²) < 4.78 is 22.7. The maximum atomic E-state index is 11.3. The van der Waals surface area contributed by atoms with Crippen LogP contribution in [0.15, 0.2) is 0 Å². The number of alkyl halides is 2. The number of rotatable bonds is 1. The van der Waals surface area contributed by atoms with Gasteiger partial charge in [0.2, 0.25) is 0 Å². The third kappa shape index (κ3) is 1.85. The van der Waals surface area contributed by atoms with Crippen molar-refractivity contribution < 1.29 is 13.9 Å². The highest BCUT2D eigenvalue weighted by Crippen LogP contribution is 2.19. The Balaban J connectivity index is 3.87. The first-order valence-electron chi connectivity index (χ1n) is 1.96. The summed E-state index contributed by atoms with van der Waals surface area (Å²) >= 11 is 0. The predicted octanol–water partition coefficient (Wildman–Crippen LogP) is 1.17. The van der Waals surface area contributed by atoms with Crippen LogP contribution in [0.2, 0.25) is 0 Å². The largest absolute Gasteiger partial charge is 0.396 e. The van der Waals surface area contributed by atoms with Gasteiger partial charge in [-0.05, 0) is 6.92 Å². The van der Waals surface area contributed by atoms with E-state index in [0.717, 1.165) is 13.0 Å². The molecule has 0 aliphatic rings. The van der Waals surface area contributed by atoms with Crippen LogP contribution in [-0.2, 0) is 5.11 Å². The van der Waals surface area contributed by atoms with E-state index in [9.17, 15) is 13.9 Å². The van der Waals surface area contributed by atoms with Gasteiger partial charge in [0.25, 0.3) is 0 Å². The number of hydrogen-bond donors (Lipinski definition) is 0. The molecule has 0 aromatic heterocycles. The smallest absolute Gasteiger partial charge is 0.198 e. The molecular weight excluding hydrogens is 116 g/mol. The van der Waals surface area contributed by atoms with Crippen LogP contribution in [-0.4, -0.2) is 6.11 Å². The minimum Gasteiger partial charge on any atom is -0.198 e. The van der Waals surface area contributed by atoms with Gasteiger partial charge in [0.15, 0.2) is 0 Å². The van der Waals surface area contributed by atoms with Crippen molar-refractivity contribution in [2.24, 2.45) is 5.92 Å². The first-order chi connectivity index (χ1) is 3.48. The highest BCUT2D eigenvalue weighted by atomic mass is 19.3. The van der Waals surface area contributed by atoms with Crippen LogP contribution >= 0.6 is 0 Å². The van der Waals surface area contributed by atoms with Crippen molar-refractivity contribution in [1.29, 1.82) is 5.26 Å². The minimum atomic E-state index is -4.10. The lowest BCUT2D eigenvalue weighted by Gasteiger charge is -2.05. The van der Waals surface area contributed by atoms with E-state index in [-0.39, 0.29) is 0 Å². The fourth-order valence-corrected chi connectivity index (χ4v) is 0.0751. The van der Waals surface area contributed by atoms with Crippen LogP contribution in [0.25, 0.3) is 0 Å². The summed E-state index contributed by atoms with van der Waals surface area (Å²) in [5, 5.41) is 17.2. The fourth-order valence-electron chi connectivity index (χ4n) is 0.0751. The summed E-state index contributed by atoms with van der Waals surface area (Å²) in [4.78, 5) is 0. The van der Waals surface area contributed by atoms with Crippen molar-refractivity contribution in [3.8, 4) is 6.07 Å². The number of hydrogen-bond acceptors (Lipinski definition) is 1. The van der Waals surface area contributed by atoms with Gasteiger partial charge in [-0.25, -0.2) is 0 Å². The second-order valence-corrected chi connectivity index (χ2v) is 1.41. The topological polar surface area (TPSA) is 43.7 Å². The van der Waals surface area contributed by atoms with E-state index in [1.54, 1.807) is 0 Å². The second kappa shape index (κ2) is 2.05. The SMILES string of the molecule is CC(C#N)C([O])(F)F. The van der Waals surface area contributed by atoms with Crippen molar-refractivity contribution in [2.45, 2.75) is 13.0 Å². The van der Waals surface area contributed by atoms with E-state index < -0.39 is 12.0 Å². The number of nitriles is 1. The lowest BCUT2D eigenvalue weighted by atomic mass is 10.2. The first-order valence-corrected chi connectivity index (χ1v) is 1.96. The monoisotopic (exact) mass is 120 g/mol. The van der Waals surface area contributed by atoms with E-state index in [1.807, 2.05) is 0 Å². The Bertz CT molecular complexity index is 112. The van der Waals surface area contributed by atoms with Crippen molar-refractivity contribution in [1.82, 2.24) is 0 Å². The van der Waals surface area contributed by atoms with E-state index in [0.29, 0.717) is 0 Å². The van der Waals surface area contributed by atoms with Crippen molar-refractivity contribution in [2.75, 3.05) is 0 Å². The summed E-state index contributed by atoms with van der Waals surface area (Å²) in [6, 6.07) is 1.14. The van der Waals surface area contributed by atoms with Gasteiger partial charge in [-0.15, -0.1) is 0 Å². The zero-order valence-electron chi connectivity index (χ0n) is 4.19. The minimum absolute atomic E-state index is 0.882. The predicted molar refractivity (Wildman–Crippen MR) is 20.4 cm³/mol. The van der Waals surface area contributed by atoms with E-state index in [4.69, 9.17) is 5.26 Å². The average molecular weight is 120 g/mol. The molecule has 0 aliphatic heterocycles. The molecule has 2 nitrogen and oxygen atoms in total. The quantitative estimate of drug-likeness (QED) is 0.512. The lowest BCUT2D eigenvalue weighted by molar-refractivity contribution is -0.261. The molecule has 0 fully saturated rings. The van der Waals surface area contributed by atoms with Gasteiger partial charge < -0.3 is 0 Å². The lowest BCUT2D eigenvalue weighted by Crippen LogP contribution is -2.21. The highest BCUT2D eigenvalue weighted by Gasteiger charge is 2.35. The molecule has 1 radical (unpaired) electrons. The molecule has 1 atom stereocenters. The van der Waals surface area contributed by atoms with Crippen LogP contribution in [0.4, 0.5) is 8.78 Å². The molecule has 0 N–H and O–H groups in total. The van der Waals surface area contributed by atoms with Crippen LogP contribution in [0, 0.1) is 17.2 Å². The molecule has 4 heteroatoms. The third-order valence-electron chi connectivity index (χ3n) is 0.698. The molecule has 0 amide bonds. The number of halogens is 2.